The van der Waals surface area contributed by atoms with E-state index in [4.69, 9.17) is 63.4 Å². The number of aromatic nitrogens is 1. The number of likely N-dealkylation sites (N-methyl/N-ethyl adjacent to an activating group) is 1. The second-order valence-corrected chi connectivity index (χ2v) is 21.2. The molecule has 23 heteroatoms. The molecule has 5 unspecified atom stereocenters. The Morgan fingerprint density at radius 3 is 2.14 bits per heavy atom. The maximum atomic E-state index is 15.3. The van der Waals surface area contributed by atoms with Crippen LogP contribution in [0, 0.1) is 11.3 Å². The van der Waals surface area contributed by atoms with E-state index in [1.165, 1.54) is 7.11 Å². The number of para-hydroxylation sites is 1. The molecule has 14 atom stereocenters. The second-order valence-electron chi connectivity index (χ2n) is 20.3. The van der Waals surface area contributed by atoms with Crippen molar-refractivity contribution in [3.63, 3.8) is 0 Å². The fourth-order valence-corrected chi connectivity index (χ4v) is 13.7. The molecule has 2 saturated heterocycles. The van der Waals surface area contributed by atoms with Crippen LogP contribution in [-0.4, -0.2) is 211 Å². The molecule has 2 aromatic carbocycles. The van der Waals surface area contributed by atoms with Crippen molar-refractivity contribution in [3.8, 4) is 5.75 Å². The average molecular weight is 1030 g/mol. The predicted octanol–water partition coefficient (Wildman–Crippen LogP) is -1.51. The molecule has 0 radical (unpaired) electrons. The maximum Gasteiger partial charge on any atom is 0.394 e. The molecule has 9 rings (SSSR count). The summed E-state index contributed by atoms with van der Waals surface area (Å²) in [6.45, 7) is 5.70. The number of nitrogens with zero attached hydrogens (tertiary/aromatic N) is 3. The van der Waals surface area contributed by atoms with E-state index in [1.54, 1.807) is 7.11 Å². The van der Waals surface area contributed by atoms with Crippen LogP contribution in [-0.2, 0) is 42.0 Å². The van der Waals surface area contributed by atoms with Crippen LogP contribution in [0.3, 0.4) is 0 Å². The van der Waals surface area contributed by atoms with Crippen LogP contribution < -0.4 is 15.4 Å². The Morgan fingerprint density at radius 1 is 0.931 bits per heavy atom. The van der Waals surface area contributed by atoms with Crippen molar-refractivity contribution in [1.82, 2.24) is 14.8 Å². The Morgan fingerprint density at radius 2 is 1.57 bits per heavy atom. The average Bonchev–Trinajstić information content (AvgIpc) is 3.96. The third-order valence-corrected chi connectivity index (χ3v) is 16.9. The first-order valence-electron chi connectivity index (χ1n) is 24.2. The zero-order valence-corrected chi connectivity index (χ0v) is 41.9. The van der Waals surface area contributed by atoms with Gasteiger partial charge in [0.05, 0.1) is 39.1 Å². The lowest BCUT2D eigenvalue weighted by Crippen LogP contribution is -2.81. The van der Waals surface area contributed by atoms with Gasteiger partial charge in [-0.25, -0.2) is 0 Å². The molecule has 1 amide bonds. The number of fused-ring (bicyclic) bond motifs is 6. The summed E-state index contributed by atoms with van der Waals surface area (Å²) in [6, 6.07) is 11.0. The zero-order valence-electron chi connectivity index (χ0n) is 41.1. The number of benzene rings is 2. The minimum Gasteiger partial charge on any atom is -0.496 e. The lowest BCUT2D eigenvalue weighted by Gasteiger charge is -2.63. The van der Waals surface area contributed by atoms with Gasteiger partial charge in [0, 0.05) is 84.0 Å². The van der Waals surface area contributed by atoms with Crippen LogP contribution in [0.25, 0.3) is 10.9 Å². The largest absolute Gasteiger partial charge is 0.496 e. The number of ether oxygens (including phenoxy) is 2. The summed E-state index contributed by atoms with van der Waals surface area (Å²) in [5.74, 6) is -1.25. The number of esters is 1. The first-order chi connectivity index (χ1) is 33.9. The molecular formula is C49H71N5O17S. The number of methoxy groups -OCH3 is 2. The number of carbonyl (C=O) groups excluding carboxylic acids is 2. The molecule has 1 spiro atoms. The topological polar surface area (TPSA) is 361 Å². The van der Waals surface area contributed by atoms with Gasteiger partial charge >= 0.3 is 16.4 Å². The van der Waals surface area contributed by atoms with Crippen molar-refractivity contribution < 1.29 is 82.5 Å². The molecule has 400 valence electrons. The minimum atomic E-state index is -4.67. The number of hydrogen-bond acceptors (Lipinski definition) is 18. The standard InChI is InChI=1S/C43H55N5O7.C6H14O6.H2O4S/c1-6-39(52)16-13-25-23-47(24-39)19-14-27-26-11-8-9-12-30(26)45-33(27)42(25,38(51)55-5)29-21-28-31(22-32(29)54-4)46(3)35-41(28)17-20-48-18-10-15-40(7-2,34(41)48)36(49)43(35,53)37(44)50;7-1-3(9)5(11)6(12)4(10)2-8;1-5(2,3)4/h8-12,15,21-22,25,34-36,45,49,52-53H,6-7,13-14,16-20,23-24H2,1-5H3,(H2,44,50);3-12H,1-2H2;(H2,1,2,3,4)/t25-,34-,35+,36+,39-,40+,41+,42-,43-;;/m0../s1. The van der Waals surface area contributed by atoms with Crippen molar-refractivity contribution in [1.29, 1.82) is 0 Å². The Labute approximate surface area is 417 Å². The fraction of sp³-hybridized carbons (Fsp3) is 0.633. The molecule has 6 aliphatic rings. The Kier molecular flexibility index (Phi) is 15.7. The van der Waals surface area contributed by atoms with Gasteiger partial charge < -0.3 is 71.1 Å². The summed E-state index contributed by atoms with van der Waals surface area (Å²) >= 11 is 0. The number of aliphatic hydroxyl groups excluding tert-OH is 7. The van der Waals surface area contributed by atoms with E-state index in [0.717, 1.165) is 40.0 Å². The number of nitrogens with one attached hydrogen (secondary N) is 1. The molecule has 3 aromatic rings. The number of nitrogens with two attached hydrogens (primary N) is 1. The Balaban J connectivity index is 0.000000385. The van der Waals surface area contributed by atoms with Gasteiger partial charge in [-0.15, -0.1) is 0 Å². The quantitative estimate of drug-likeness (QED) is 0.0590. The van der Waals surface area contributed by atoms with Crippen LogP contribution in [0.5, 0.6) is 5.75 Å². The van der Waals surface area contributed by atoms with Crippen LogP contribution >= 0.6 is 0 Å². The number of aromatic amines is 1. The zero-order chi connectivity index (χ0) is 53.1. The normalized spacial score (nSPS) is 34.2. The SMILES string of the molecule is CC[C@]1(O)CC[C@H]2CN(CCc3c([nH]c4ccccc34)[C@@]2(C(=O)OC)c2cc3c(cc2OC)N(C)[C@H]2[C@@](O)(C(N)=O)[C@H](O)[C@]4(CC)C=CCN5CC[C@]32[C@@H]54)C1.O=S(=O)(O)O.OCC(O)C(O)C(O)C(O)CO. The molecule has 6 heterocycles. The van der Waals surface area contributed by atoms with Gasteiger partial charge in [-0.3, -0.25) is 28.5 Å². The van der Waals surface area contributed by atoms with E-state index >= 15 is 4.79 Å². The first-order valence-corrected chi connectivity index (χ1v) is 25.6. The van der Waals surface area contributed by atoms with Crippen LogP contribution in [0.1, 0.15) is 68.3 Å². The van der Waals surface area contributed by atoms with E-state index < -0.39 is 99.5 Å². The number of rotatable bonds is 11. The summed E-state index contributed by atoms with van der Waals surface area (Å²) in [4.78, 5) is 39.4. The van der Waals surface area contributed by atoms with Crippen LogP contribution in [0.15, 0.2) is 48.6 Å². The number of aliphatic hydroxyl groups is 9. The van der Waals surface area contributed by atoms with Crippen molar-refractivity contribution in [3.05, 3.63) is 70.9 Å². The molecule has 5 aliphatic heterocycles. The first kappa shape index (κ1) is 55.4. The highest BCUT2D eigenvalue weighted by atomic mass is 32.3. The van der Waals surface area contributed by atoms with E-state index in [0.29, 0.717) is 76.0 Å². The number of anilines is 1. The summed E-state index contributed by atoms with van der Waals surface area (Å²) in [5, 5.41) is 90.2. The summed E-state index contributed by atoms with van der Waals surface area (Å²) < 4.78 is 43.9. The molecule has 2 bridgehead atoms. The molecule has 3 fully saturated rings. The predicted molar refractivity (Wildman–Crippen MR) is 260 cm³/mol. The van der Waals surface area contributed by atoms with Gasteiger partial charge in [0.25, 0.3) is 5.91 Å². The summed E-state index contributed by atoms with van der Waals surface area (Å²) in [6.07, 6.45) is -0.438. The maximum absolute atomic E-state index is 15.3. The van der Waals surface area contributed by atoms with E-state index in [2.05, 4.69) is 26.9 Å². The number of hydrogen-bond donors (Lipinski definition) is 13. The van der Waals surface area contributed by atoms with Gasteiger partial charge in [-0.05, 0) is 74.2 Å². The Bertz CT molecular complexity index is 2620. The number of H-pyrrole nitrogens is 1. The molecule has 1 saturated carbocycles. The third kappa shape index (κ3) is 8.71. The highest BCUT2D eigenvalue weighted by molar-refractivity contribution is 7.79. The van der Waals surface area contributed by atoms with Gasteiger partial charge in [0.2, 0.25) is 0 Å². The Hall–Kier alpha value is -4.31. The van der Waals surface area contributed by atoms with Crippen LogP contribution in [0.4, 0.5) is 5.69 Å². The molecule has 1 aromatic heterocycles. The van der Waals surface area contributed by atoms with Gasteiger partial charge in [0.15, 0.2) is 5.60 Å². The van der Waals surface area contributed by atoms with E-state index in [-0.39, 0.29) is 12.0 Å². The highest BCUT2D eigenvalue weighted by Crippen LogP contribution is 2.67. The van der Waals surface area contributed by atoms with E-state index in [1.807, 2.05) is 62.2 Å². The third-order valence-electron chi connectivity index (χ3n) is 16.9. The second kappa shape index (κ2) is 20.4. The van der Waals surface area contributed by atoms with Gasteiger partial charge in [-0.1, -0.05) is 44.2 Å². The summed E-state index contributed by atoms with van der Waals surface area (Å²) in [7, 11) is 0.239. The van der Waals surface area contributed by atoms with Crippen LogP contribution in [0.2, 0.25) is 0 Å². The molecule has 72 heavy (non-hydrogen) atoms. The molecule has 22 nitrogen and oxygen atoms in total. The lowest BCUT2D eigenvalue weighted by atomic mass is 9.47. The highest BCUT2D eigenvalue weighted by Gasteiger charge is 2.78. The van der Waals surface area contributed by atoms with Crippen molar-refractivity contribution in [2.45, 2.75) is 117 Å². The number of amides is 1. The monoisotopic (exact) mass is 1030 g/mol. The van der Waals surface area contributed by atoms with Gasteiger partial charge in [-0.2, -0.15) is 8.42 Å². The number of primary amides is 1. The molecule has 14 N–H and O–H groups in total. The number of carbonyl (C=O) groups is 2. The molecular weight excluding hydrogens is 963 g/mol. The fourth-order valence-electron chi connectivity index (χ4n) is 13.7. The summed E-state index contributed by atoms with van der Waals surface area (Å²) in [5.41, 5.74) is 4.74. The van der Waals surface area contributed by atoms with Crippen molar-refractivity contribution in [2.75, 3.05) is 72.1 Å². The minimum absolute atomic E-state index is 0.275. The molecule has 1 aliphatic carbocycles. The lowest BCUT2D eigenvalue weighted by molar-refractivity contribution is -0.201. The van der Waals surface area contributed by atoms with Crippen molar-refractivity contribution >= 4 is 38.9 Å². The van der Waals surface area contributed by atoms with Gasteiger partial charge in [0.1, 0.15) is 41.7 Å². The van der Waals surface area contributed by atoms with Crippen molar-refractivity contribution in [2.24, 2.45) is 17.1 Å². The van der Waals surface area contributed by atoms with E-state index in [9.17, 15) is 20.1 Å². The smallest absolute Gasteiger partial charge is 0.394 e.